The number of aryl methyl sites for hydroxylation is 1. The van der Waals surface area contributed by atoms with Crippen molar-refractivity contribution < 1.29 is 5.11 Å². The van der Waals surface area contributed by atoms with Crippen molar-refractivity contribution in [2.45, 2.75) is 33.4 Å². The summed E-state index contributed by atoms with van der Waals surface area (Å²) >= 11 is 0. The maximum Gasteiger partial charge on any atom is 0.0866 e. The molecule has 0 unspecified atom stereocenters. The molecule has 1 N–H and O–H groups in total. The third-order valence-corrected chi connectivity index (χ3v) is 1.78. The van der Waals surface area contributed by atoms with Crippen LogP contribution in [0.15, 0.2) is 6.20 Å². The highest BCUT2D eigenvalue weighted by molar-refractivity contribution is 4.90. The van der Waals surface area contributed by atoms with E-state index in [-0.39, 0.29) is 6.61 Å². The van der Waals surface area contributed by atoms with Gasteiger partial charge in [0.1, 0.15) is 0 Å². The summed E-state index contributed by atoms with van der Waals surface area (Å²) in [6, 6.07) is 0. The number of hydrogen-bond donors (Lipinski definition) is 1. The van der Waals surface area contributed by atoms with Crippen LogP contribution in [0.2, 0.25) is 0 Å². The lowest BCUT2D eigenvalue weighted by atomic mass is 10.1. The van der Waals surface area contributed by atoms with Gasteiger partial charge >= 0.3 is 0 Å². The van der Waals surface area contributed by atoms with E-state index < -0.39 is 0 Å². The minimum atomic E-state index is 0.0189. The number of rotatable bonds is 4. The zero-order valence-corrected chi connectivity index (χ0v) is 7.56. The van der Waals surface area contributed by atoms with Gasteiger partial charge in [0.25, 0.3) is 0 Å². The van der Waals surface area contributed by atoms with Crippen LogP contribution in [0, 0.1) is 5.92 Å². The molecule has 68 valence electrons. The van der Waals surface area contributed by atoms with Crippen LogP contribution >= 0.6 is 0 Å². The molecule has 4 nitrogen and oxygen atoms in total. The molecule has 0 bridgehead atoms. The molecule has 0 spiro atoms. The van der Waals surface area contributed by atoms with Crippen LogP contribution in [0.1, 0.15) is 26.0 Å². The van der Waals surface area contributed by atoms with Crippen LogP contribution in [0.25, 0.3) is 0 Å². The molecule has 0 radical (unpaired) electrons. The predicted molar refractivity (Wildman–Crippen MR) is 45.4 cm³/mol. The third-order valence-electron chi connectivity index (χ3n) is 1.78. The molecule has 1 aromatic rings. The minimum absolute atomic E-state index is 0.0189. The van der Waals surface area contributed by atoms with E-state index >= 15 is 0 Å². The first-order valence-corrected chi connectivity index (χ1v) is 4.22. The summed E-state index contributed by atoms with van der Waals surface area (Å²) < 4.78 is 1.75. The Bertz CT molecular complexity index is 232. The van der Waals surface area contributed by atoms with Gasteiger partial charge in [-0.3, -0.25) is 0 Å². The zero-order valence-electron chi connectivity index (χ0n) is 7.56. The molecular formula is C8H15N3O. The topological polar surface area (TPSA) is 50.9 Å². The van der Waals surface area contributed by atoms with Crippen LogP contribution in [-0.4, -0.2) is 20.1 Å². The van der Waals surface area contributed by atoms with E-state index in [0.717, 1.165) is 18.7 Å². The molecule has 0 atom stereocenters. The average molecular weight is 169 g/mol. The number of hydrogen-bond acceptors (Lipinski definition) is 3. The molecule has 4 heteroatoms. The lowest BCUT2D eigenvalue weighted by Gasteiger charge is -2.05. The normalized spacial score (nSPS) is 11.0. The average Bonchev–Trinajstić information content (AvgIpc) is 2.47. The van der Waals surface area contributed by atoms with E-state index in [1.165, 1.54) is 0 Å². The van der Waals surface area contributed by atoms with E-state index in [0.29, 0.717) is 5.92 Å². The van der Waals surface area contributed by atoms with Crippen LogP contribution in [0.5, 0.6) is 0 Å². The summed E-state index contributed by atoms with van der Waals surface area (Å²) in [6.07, 6.45) is 2.66. The second-order valence-electron chi connectivity index (χ2n) is 3.29. The van der Waals surface area contributed by atoms with Gasteiger partial charge in [0.2, 0.25) is 0 Å². The highest BCUT2D eigenvalue weighted by Crippen LogP contribution is 2.03. The van der Waals surface area contributed by atoms with Crippen molar-refractivity contribution in [1.82, 2.24) is 15.0 Å². The van der Waals surface area contributed by atoms with Crippen molar-refractivity contribution in [3.05, 3.63) is 11.9 Å². The monoisotopic (exact) mass is 169 g/mol. The molecule has 1 heterocycles. The lowest BCUT2D eigenvalue weighted by Crippen LogP contribution is -2.07. The largest absolute Gasteiger partial charge is 0.390 e. The Morgan fingerprint density at radius 2 is 2.33 bits per heavy atom. The Morgan fingerprint density at radius 1 is 1.58 bits per heavy atom. The Morgan fingerprint density at radius 3 is 2.92 bits per heavy atom. The molecule has 0 aliphatic carbocycles. The zero-order chi connectivity index (χ0) is 8.97. The highest BCUT2D eigenvalue weighted by Gasteiger charge is 2.02. The number of aliphatic hydroxyl groups is 1. The Labute approximate surface area is 72.2 Å². The summed E-state index contributed by atoms with van der Waals surface area (Å²) in [4.78, 5) is 0. The van der Waals surface area contributed by atoms with Crippen LogP contribution in [-0.2, 0) is 13.2 Å². The van der Waals surface area contributed by atoms with Gasteiger partial charge in [0.15, 0.2) is 0 Å². The minimum Gasteiger partial charge on any atom is -0.390 e. The Balaban J connectivity index is 2.50. The van der Waals surface area contributed by atoms with Crippen molar-refractivity contribution in [1.29, 1.82) is 0 Å². The summed E-state index contributed by atoms with van der Waals surface area (Å²) in [5.41, 5.74) is 0.788. The second kappa shape index (κ2) is 4.21. The first-order chi connectivity index (χ1) is 5.74. The Hall–Kier alpha value is -0.900. The molecule has 0 aromatic carbocycles. The SMILES string of the molecule is CC(C)CCn1nncc1CO. The molecule has 1 aromatic heterocycles. The van der Waals surface area contributed by atoms with Crippen molar-refractivity contribution in [3.8, 4) is 0 Å². The fraction of sp³-hybridized carbons (Fsp3) is 0.750. The molecular weight excluding hydrogens is 154 g/mol. The van der Waals surface area contributed by atoms with Crippen molar-refractivity contribution in [3.63, 3.8) is 0 Å². The van der Waals surface area contributed by atoms with Crippen molar-refractivity contribution in [2.24, 2.45) is 5.92 Å². The maximum atomic E-state index is 8.87. The predicted octanol–water partition coefficient (Wildman–Crippen LogP) is 0.817. The second-order valence-corrected chi connectivity index (χ2v) is 3.29. The van der Waals surface area contributed by atoms with E-state index in [1.54, 1.807) is 10.9 Å². The lowest BCUT2D eigenvalue weighted by molar-refractivity contribution is 0.266. The first-order valence-electron chi connectivity index (χ1n) is 4.22. The fourth-order valence-electron chi connectivity index (χ4n) is 0.970. The van der Waals surface area contributed by atoms with Gasteiger partial charge < -0.3 is 5.11 Å². The van der Waals surface area contributed by atoms with Gasteiger partial charge in [-0.2, -0.15) is 0 Å². The summed E-state index contributed by atoms with van der Waals surface area (Å²) in [7, 11) is 0. The van der Waals surface area contributed by atoms with Gasteiger partial charge in [-0.05, 0) is 12.3 Å². The number of aliphatic hydroxyl groups excluding tert-OH is 1. The smallest absolute Gasteiger partial charge is 0.0866 e. The van der Waals surface area contributed by atoms with Crippen LogP contribution in [0.3, 0.4) is 0 Å². The molecule has 0 aliphatic heterocycles. The maximum absolute atomic E-state index is 8.87. The van der Waals surface area contributed by atoms with Crippen molar-refractivity contribution in [2.75, 3.05) is 0 Å². The van der Waals surface area contributed by atoms with Crippen molar-refractivity contribution >= 4 is 0 Å². The van der Waals surface area contributed by atoms with Gasteiger partial charge in [-0.1, -0.05) is 19.1 Å². The molecule has 12 heavy (non-hydrogen) atoms. The third kappa shape index (κ3) is 2.30. The molecule has 0 amide bonds. The standard InChI is InChI=1S/C8H15N3O/c1-7(2)3-4-11-8(6-12)5-9-10-11/h5,7,12H,3-4,6H2,1-2H3. The summed E-state index contributed by atoms with van der Waals surface area (Å²) in [5.74, 6) is 0.653. The molecule has 0 saturated heterocycles. The van der Waals surface area contributed by atoms with Gasteiger partial charge in [0.05, 0.1) is 18.5 Å². The first kappa shape index (κ1) is 9.19. The van der Waals surface area contributed by atoms with Gasteiger partial charge in [-0.15, -0.1) is 5.10 Å². The van der Waals surface area contributed by atoms with Gasteiger partial charge in [-0.25, -0.2) is 4.68 Å². The number of aromatic nitrogens is 3. The molecule has 0 aliphatic rings. The van der Waals surface area contributed by atoms with E-state index in [2.05, 4.69) is 24.2 Å². The quantitative estimate of drug-likeness (QED) is 0.725. The summed E-state index contributed by atoms with van der Waals surface area (Å²) in [6.45, 7) is 5.18. The van der Waals surface area contributed by atoms with Crippen LogP contribution in [0.4, 0.5) is 0 Å². The van der Waals surface area contributed by atoms with Crippen LogP contribution < -0.4 is 0 Å². The number of nitrogens with zero attached hydrogens (tertiary/aromatic N) is 3. The van der Waals surface area contributed by atoms with E-state index in [4.69, 9.17) is 5.11 Å². The molecule has 0 saturated carbocycles. The van der Waals surface area contributed by atoms with E-state index in [9.17, 15) is 0 Å². The molecule has 1 rings (SSSR count). The highest BCUT2D eigenvalue weighted by atomic mass is 16.3. The summed E-state index contributed by atoms with van der Waals surface area (Å²) in [5, 5.41) is 16.5. The molecule has 0 fully saturated rings. The van der Waals surface area contributed by atoms with Gasteiger partial charge in [0, 0.05) is 6.54 Å². The van der Waals surface area contributed by atoms with E-state index in [1.807, 2.05) is 0 Å². The fourth-order valence-corrected chi connectivity index (χ4v) is 0.970. The Kier molecular flexibility index (Phi) is 3.22.